The molecule has 0 spiro atoms. The normalized spacial score (nSPS) is 11.2. The van der Waals surface area contributed by atoms with Gasteiger partial charge in [-0.15, -0.1) is 0 Å². The Bertz CT molecular complexity index is 1230. The molecule has 1 aromatic carbocycles. The molecule has 0 bridgehead atoms. The molecule has 0 fully saturated rings. The summed E-state index contributed by atoms with van der Waals surface area (Å²) in [5, 5.41) is 0. The fraction of sp³-hybridized carbons (Fsp3) is 0.300. The quantitative estimate of drug-likeness (QED) is 0.0382. The van der Waals surface area contributed by atoms with Gasteiger partial charge in [-0.3, -0.25) is 0 Å². The first kappa shape index (κ1) is 30.6. The number of terminal acetylenes is 2. The topological polar surface area (TPSA) is 159 Å². The van der Waals surface area contributed by atoms with Crippen molar-refractivity contribution in [1.82, 2.24) is 0 Å². The van der Waals surface area contributed by atoms with Crippen LogP contribution >= 0.6 is 20.2 Å². The summed E-state index contributed by atoms with van der Waals surface area (Å²) in [5.74, 6) is 0.466. The van der Waals surface area contributed by atoms with E-state index in [0.717, 1.165) is 12.1 Å². The zero-order chi connectivity index (χ0) is 27.4. The number of nitrogens with zero attached hydrogens (tertiary/aromatic N) is 2. The zero-order valence-electron chi connectivity index (χ0n) is 18.0. The molecule has 0 heterocycles. The van der Waals surface area contributed by atoms with Gasteiger partial charge in [-0.2, -0.15) is 0 Å². The average molecular weight is 644 g/mol. The van der Waals surface area contributed by atoms with E-state index in [1.165, 1.54) is 12.1 Å². The molecule has 16 heteroatoms. The third-order valence-electron chi connectivity index (χ3n) is 3.44. The maximum atomic E-state index is 13.0. The van der Waals surface area contributed by atoms with Gasteiger partial charge in [-0.05, 0) is 0 Å². The van der Waals surface area contributed by atoms with Crippen LogP contribution in [-0.4, -0.2) is 60.2 Å². The van der Waals surface area contributed by atoms with E-state index in [9.17, 15) is 41.5 Å². The standard InChI is InChI=1S/C20H16F3IN2O9S/c1-3-5-11-32-16(27)13-34-18(28)14-9-7-8-10-15(14)24(35-36(30,31)20(21,22)23)17(26-25)19(29)33-12-6-4-2/h1-2,7-10H,5-6,11-13H2. The molecule has 0 saturated carbocycles. The number of carbonyl (C=O) groups is 3. The molecule has 194 valence electrons. The SMILES string of the molecule is C#CCCOC(=O)COC(=O)c1ccccc1I(OS(=O)(=O)C(F)(F)F)C(=[N+]=[N-])C(=O)OCCC#C. The van der Waals surface area contributed by atoms with Gasteiger partial charge in [0.1, 0.15) is 0 Å². The second kappa shape index (κ2) is 14.2. The van der Waals surface area contributed by atoms with E-state index in [-0.39, 0.29) is 19.4 Å². The van der Waals surface area contributed by atoms with Gasteiger partial charge in [-0.1, -0.05) is 0 Å². The van der Waals surface area contributed by atoms with E-state index < -0.39 is 79.8 Å². The molecule has 0 aliphatic heterocycles. The van der Waals surface area contributed by atoms with Crippen molar-refractivity contribution in [3.05, 3.63) is 38.9 Å². The molecular weight excluding hydrogens is 628 g/mol. The molecule has 0 amide bonds. The second-order valence-electron chi connectivity index (χ2n) is 5.92. The Hall–Kier alpha value is -3.44. The Kier molecular flexibility index (Phi) is 12.1. The minimum atomic E-state index is -6.34. The summed E-state index contributed by atoms with van der Waals surface area (Å²) < 4.78 is 79.3. The van der Waals surface area contributed by atoms with Crippen molar-refractivity contribution < 1.29 is 57.5 Å². The first-order valence-electron chi connectivity index (χ1n) is 9.28. The molecule has 36 heavy (non-hydrogen) atoms. The van der Waals surface area contributed by atoms with Crippen molar-refractivity contribution in [2.75, 3.05) is 19.8 Å². The predicted octanol–water partition coefficient (Wildman–Crippen LogP) is 2.06. The Morgan fingerprint density at radius 3 is 2.17 bits per heavy atom. The van der Waals surface area contributed by atoms with E-state index >= 15 is 0 Å². The van der Waals surface area contributed by atoms with Crippen LogP contribution in [0.4, 0.5) is 13.2 Å². The summed E-state index contributed by atoms with van der Waals surface area (Å²) in [5.41, 5.74) is 2.83. The Morgan fingerprint density at radius 2 is 1.61 bits per heavy atom. The molecule has 1 rings (SSSR count). The number of ether oxygens (including phenoxy) is 3. The van der Waals surface area contributed by atoms with Crippen molar-refractivity contribution in [1.29, 1.82) is 0 Å². The van der Waals surface area contributed by atoms with Crippen LogP contribution in [0.15, 0.2) is 24.3 Å². The summed E-state index contributed by atoms with van der Waals surface area (Å²) in [7, 11) is -6.34. The van der Waals surface area contributed by atoms with Crippen molar-refractivity contribution in [3.63, 3.8) is 0 Å². The molecule has 0 saturated heterocycles. The van der Waals surface area contributed by atoms with Gasteiger partial charge in [0.05, 0.1) is 0 Å². The maximum absolute atomic E-state index is 13.0. The van der Waals surface area contributed by atoms with Crippen molar-refractivity contribution in [3.8, 4) is 24.7 Å². The molecule has 11 nitrogen and oxygen atoms in total. The van der Waals surface area contributed by atoms with Gasteiger partial charge in [0.2, 0.25) is 0 Å². The number of hydrogen-bond donors (Lipinski definition) is 0. The Morgan fingerprint density at radius 1 is 1.03 bits per heavy atom. The number of alkyl halides is 3. The summed E-state index contributed by atoms with van der Waals surface area (Å²) in [6, 6.07) is 4.35. The number of esters is 3. The third-order valence-corrected chi connectivity index (χ3v) is 10.4. The van der Waals surface area contributed by atoms with Crippen LogP contribution in [0.3, 0.4) is 0 Å². The van der Waals surface area contributed by atoms with Crippen LogP contribution in [0, 0.1) is 28.3 Å². The van der Waals surface area contributed by atoms with E-state index in [4.69, 9.17) is 17.6 Å². The van der Waals surface area contributed by atoms with Crippen LogP contribution in [0.25, 0.3) is 5.53 Å². The Balaban J connectivity index is 3.41. The molecule has 0 aliphatic rings. The fourth-order valence-electron chi connectivity index (χ4n) is 1.93. The van der Waals surface area contributed by atoms with Crippen molar-refractivity contribution >= 4 is 52.0 Å². The van der Waals surface area contributed by atoms with Crippen molar-refractivity contribution in [2.24, 2.45) is 0 Å². The van der Waals surface area contributed by atoms with Gasteiger partial charge >= 0.3 is 211 Å². The molecule has 0 aliphatic carbocycles. The molecule has 0 N–H and O–H groups in total. The fourth-order valence-corrected chi connectivity index (χ4v) is 8.18. The van der Waals surface area contributed by atoms with Gasteiger partial charge in [-0.25, -0.2) is 0 Å². The summed E-state index contributed by atoms with van der Waals surface area (Å²) in [6.45, 7) is -1.54. The first-order chi connectivity index (χ1) is 16.9. The first-order valence-corrected chi connectivity index (χ1v) is 13.7. The van der Waals surface area contributed by atoms with Crippen LogP contribution in [0.5, 0.6) is 0 Å². The summed E-state index contributed by atoms with van der Waals surface area (Å²) in [4.78, 5) is 39.1. The number of halogens is 4. The summed E-state index contributed by atoms with van der Waals surface area (Å²) >= 11 is -4.72. The van der Waals surface area contributed by atoms with Gasteiger partial charge in [0, 0.05) is 0 Å². The number of rotatable bonds is 12. The van der Waals surface area contributed by atoms with E-state index in [0.29, 0.717) is 0 Å². The minimum absolute atomic E-state index is 0.0856. The predicted molar refractivity (Wildman–Crippen MR) is 123 cm³/mol. The van der Waals surface area contributed by atoms with Crippen LogP contribution in [-0.2, 0) is 36.4 Å². The monoisotopic (exact) mass is 644 g/mol. The molecule has 0 atom stereocenters. The molecule has 1 aromatic rings. The molecule has 0 unspecified atom stereocenters. The van der Waals surface area contributed by atoms with Crippen LogP contribution in [0.1, 0.15) is 23.2 Å². The van der Waals surface area contributed by atoms with Gasteiger partial charge in [0.25, 0.3) is 0 Å². The van der Waals surface area contributed by atoms with Gasteiger partial charge < -0.3 is 0 Å². The van der Waals surface area contributed by atoms with Crippen molar-refractivity contribution in [2.45, 2.75) is 18.3 Å². The Labute approximate surface area is 210 Å². The molecule has 0 radical (unpaired) electrons. The van der Waals surface area contributed by atoms with E-state index in [1.54, 1.807) is 0 Å². The van der Waals surface area contributed by atoms with E-state index in [1.807, 2.05) is 0 Å². The number of benzene rings is 1. The average Bonchev–Trinajstić information content (AvgIpc) is 2.82. The zero-order valence-corrected chi connectivity index (χ0v) is 21.0. The van der Waals surface area contributed by atoms with Gasteiger partial charge in [0.15, 0.2) is 0 Å². The molecular formula is C20H16F3IN2O9S. The van der Waals surface area contributed by atoms with Crippen LogP contribution < -0.4 is 0 Å². The van der Waals surface area contributed by atoms with Crippen LogP contribution in [0.2, 0.25) is 0 Å². The number of carbonyl (C=O) groups excluding carboxylic acids is 3. The number of hydrogen-bond acceptors (Lipinski definition) is 9. The summed E-state index contributed by atoms with van der Waals surface area (Å²) in [6.07, 6.45) is 9.97. The van der Waals surface area contributed by atoms with E-state index in [2.05, 4.69) is 28.6 Å². The second-order valence-corrected chi connectivity index (χ2v) is 12.1. The molecule has 0 aromatic heterocycles. The third kappa shape index (κ3) is 8.97.